The summed E-state index contributed by atoms with van der Waals surface area (Å²) in [6.07, 6.45) is 3.87. The van der Waals surface area contributed by atoms with Gasteiger partial charge in [-0.2, -0.15) is 11.8 Å². The second-order valence-corrected chi connectivity index (χ2v) is 3.42. The van der Waals surface area contributed by atoms with Crippen molar-refractivity contribution in [3.8, 4) is 0 Å². The zero-order chi connectivity index (χ0) is 8.97. The Bertz CT molecular complexity index is 262. The molecule has 12 heavy (non-hydrogen) atoms. The Hall–Kier alpha value is -0.610. The van der Waals surface area contributed by atoms with Gasteiger partial charge >= 0.3 is 0 Å². The van der Waals surface area contributed by atoms with Crippen molar-refractivity contribution in [3.05, 3.63) is 23.3 Å². The number of thioether (sulfide) groups is 1. The molecule has 0 aliphatic rings. The van der Waals surface area contributed by atoms with Crippen molar-refractivity contribution in [2.24, 2.45) is 5.73 Å². The monoisotopic (exact) mass is 183 g/mol. The van der Waals surface area contributed by atoms with Crippen LogP contribution in [-0.2, 0) is 12.3 Å². The highest BCUT2D eigenvalue weighted by molar-refractivity contribution is 7.97. The van der Waals surface area contributed by atoms with Gasteiger partial charge in [-0.3, -0.25) is 0 Å². The maximum Gasteiger partial charge on any atom is 0.138 e. The zero-order valence-electron chi connectivity index (χ0n) is 7.37. The van der Waals surface area contributed by atoms with Crippen molar-refractivity contribution in [2.75, 3.05) is 6.26 Å². The van der Waals surface area contributed by atoms with Crippen LogP contribution in [-0.4, -0.2) is 16.2 Å². The molecule has 3 nitrogen and oxygen atoms in total. The minimum Gasteiger partial charge on any atom is -0.325 e. The molecule has 0 fully saturated rings. The van der Waals surface area contributed by atoms with E-state index in [1.165, 1.54) is 0 Å². The molecule has 1 aromatic rings. The largest absolute Gasteiger partial charge is 0.325 e. The number of aryl methyl sites for hydroxylation is 1. The fraction of sp³-hybridized carbons (Fsp3) is 0.500. The van der Waals surface area contributed by atoms with E-state index in [1.807, 2.05) is 19.4 Å². The van der Waals surface area contributed by atoms with E-state index in [0.717, 1.165) is 22.8 Å². The lowest BCUT2D eigenvalue weighted by Crippen LogP contribution is -2.05. The average molecular weight is 183 g/mol. The Morgan fingerprint density at radius 3 is 2.92 bits per heavy atom. The lowest BCUT2D eigenvalue weighted by Gasteiger charge is -2.03. The van der Waals surface area contributed by atoms with Crippen molar-refractivity contribution in [1.29, 1.82) is 0 Å². The molecule has 1 rings (SSSR count). The second kappa shape index (κ2) is 4.42. The summed E-state index contributed by atoms with van der Waals surface area (Å²) < 4.78 is 0. The summed E-state index contributed by atoms with van der Waals surface area (Å²) in [6, 6.07) is 0. The smallest absolute Gasteiger partial charge is 0.138 e. The van der Waals surface area contributed by atoms with Gasteiger partial charge in [-0.15, -0.1) is 0 Å². The lowest BCUT2D eigenvalue weighted by molar-refractivity contribution is 0.898. The van der Waals surface area contributed by atoms with E-state index in [4.69, 9.17) is 5.73 Å². The Balaban J connectivity index is 2.89. The summed E-state index contributed by atoms with van der Waals surface area (Å²) in [5.41, 5.74) is 7.54. The van der Waals surface area contributed by atoms with Crippen LogP contribution >= 0.6 is 11.8 Å². The number of nitrogens with zero attached hydrogens (tertiary/aromatic N) is 2. The molecule has 0 unspecified atom stereocenters. The first kappa shape index (κ1) is 9.48. The first-order valence-electron chi connectivity index (χ1n) is 3.78. The summed E-state index contributed by atoms with van der Waals surface area (Å²) >= 11 is 1.71. The molecule has 2 N–H and O–H groups in total. The standard InChI is InChI=1S/C8H13N3S/c1-6-4-10-8(5-12-2)11-7(6)3-9/h4H,3,5,9H2,1-2H3. The second-order valence-electron chi connectivity index (χ2n) is 2.55. The van der Waals surface area contributed by atoms with E-state index in [1.54, 1.807) is 11.8 Å². The van der Waals surface area contributed by atoms with Gasteiger partial charge in [-0.05, 0) is 18.7 Å². The van der Waals surface area contributed by atoms with E-state index < -0.39 is 0 Å². The van der Waals surface area contributed by atoms with Crippen LogP contribution in [0.25, 0.3) is 0 Å². The summed E-state index contributed by atoms with van der Waals surface area (Å²) in [5.74, 6) is 1.72. The summed E-state index contributed by atoms with van der Waals surface area (Å²) in [5, 5.41) is 0. The van der Waals surface area contributed by atoms with Crippen LogP contribution in [0.15, 0.2) is 6.20 Å². The molecule has 0 aliphatic carbocycles. The first-order valence-corrected chi connectivity index (χ1v) is 5.17. The molecule has 0 bridgehead atoms. The van der Waals surface area contributed by atoms with Crippen LogP contribution in [0, 0.1) is 6.92 Å². The van der Waals surface area contributed by atoms with Crippen LogP contribution in [0.1, 0.15) is 17.1 Å². The van der Waals surface area contributed by atoms with Crippen LogP contribution < -0.4 is 5.73 Å². The molecule has 0 radical (unpaired) electrons. The third kappa shape index (κ3) is 2.19. The van der Waals surface area contributed by atoms with Gasteiger partial charge in [-0.1, -0.05) is 0 Å². The van der Waals surface area contributed by atoms with E-state index >= 15 is 0 Å². The summed E-state index contributed by atoms with van der Waals surface area (Å²) in [4.78, 5) is 8.51. The average Bonchev–Trinajstić information content (AvgIpc) is 2.09. The Kier molecular flexibility index (Phi) is 3.49. The predicted octanol–water partition coefficient (Wildman–Crippen LogP) is 1.11. The van der Waals surface area contributed by atoms with Gasteiger partial charge < -0.3 is 5.73 Å². The first-order chi connectivity index (χ1) is 5.77. The van der Waals surface area contributed by atoms with Crippen LogP contribution in [0.2, 0.25) is 0 Å². The normalized spacial score (nSPS) is 10.2. The van der Waals surface area contributed by atoms with Crippen molar-refractivity contribution in [1.82, 2.24) is 9.97 Å². The SMILES string of the molecule is CSCc1ncc(C)c(CN)n1. The molecule has 0 aromatic carbocycles. The number of nitrogens with two attached hydrogens (primary N) is 1. The van der Waals surface area contributed by atoms with Crippen LogP contribution in [0.3, 0.4) is 0 Å². The van der Waals surface area contributed by atoms with Crippen molar-refractivity contribution < 1.29 is 0 Å². The molecule has 66 valence electrons. The highest BCUT2D eigenvalue weighted by Crippen LogP contribution is 2.07. The molecule has 0 spiro atoms. The molecule has 4 heteroatoms. The van der Waals surface area contributed by atoms with Gasteiger partial charge in [0.2, 0.25) is 0 Å². The summed E-state index contributed by atoms with van der Waals surface area (Å²) in [7, 11) is 0. The number of rotatable bonds is 3. The molecule has 0 amide bonds. The van der Waals surface area contributed by atoms with E-state index in [2.05, 4.69) is 9.97 Å². The van der Waals surface area contributed by atoms with Gasteiger partial charge in [-0.25, -0.2) is 9.97 Å². The van der Waals surface area contributed by atoms with Crippen LogP contribution in [0.4, 0.5) is 0 Å². The maximum atomic E-state index is 5.52. The van der Waals surface area contributed by atoms with E-state index in [9.17, 15) is 0 Å². The van der Waals surface area contributed by atoms with Gasteiger partial charge in [0.25, 0.3) is 0 Å². The van der Waals surface area contributed by atoms with Gasteiger partial charge in [0.15, 0.2) is 0 Å². The van der Waals surface area contributed by atoms with Crippen molar-refractivity contribution >= 4 is 11.8 Å². The zero-order valence-corrected chi connectivity index (χ0v) is 8.19. The molecule has 0 saturated carbocycles. The third-order valence-electron chi connectivity index (χ3n) is 1.59. The minimum absolute atomic E-state index is 0.496. The van der Waals surface area contributed by atoms with Gasteiger partial charge in [0.05, 0.1) is 11.4 Å². The molecule has 1 heterocycles. The van der Waals surface area contributed by atoms with Gasteiger partial charge in [0.1, 0.15) is 5.82 Å². The maximum absolute atomic E-state index is 5.52. The molecule has 0 saturated heterocycles. The highest BCUT2D eigenvalue weighted by atomic mass is 32.2. The molecular weight excluding hydrogens is 170 g/mol. The summed E-state index contributed by atoms with van der Waals surface area (Å²) in [6.45, 7) is 2.47. The Labute approximate surface area is 76.8 Å². The topological polar surface area (TPSA) is 51.8 Å². The minimum atomic E-state index is 0.496. The third-order valence-corrected chi connectivity index (χ3v) is 2.14. The Morgan fingerprint density at radius 1 is 1.58 bits per heavy atom. The highest BCUT2D eigenvalue weighted by Gasteiger charge is 2.00. The molecular formula is C8H13N3S. The Morgan fingerprint density at radius 2 is 2.33 bits per heavy atom. The van der Waals surface area contributed by atoms with E-state index in [-0.39, 0.29) is 0 Å². The fourth-order valence-electron chi connectivity index (χ4n) is 0.924. The molecule has 0 aliphatic heterocycles. The van der Waals surface area contributed by atoms with Crippen molar-refractivity contribution in [2.45, 2.75) is 19.2 Å². The number of hydrogen-bond donors (Lipinski definition) is 1. The molecule has 0 atom stereocenters. The quantitative estimate of drug-likeness (QED) is 0.762. The van der Waals surface area contributed by atoms with Gasteiger partial charge in [0, 0.05) is 12.7 Å². The van der Waals surface area contributed by atoms with Crippen LogP contribution in [0.5, 0.6) is 0 Å². The molecule has 1 aromatic heterocycles. The number of hydrogen-bond acceptors (Lipinski definition) is 4. The van der Waals surface area contributed by atoms with E-state index in [0.29, 0.717) is 6.54 Å². The number of aromatic nitrogens is 2. The fourth-order valence-corrected chi connectivity index (χ4v) is 1.32. The predicted molar refractivity (Wildman–Crippen MR) is 51.9 cm³/mol. The van der Waals surface area contributed by atoms with Crippen molar-refractivity contribution in [3.63, 3.8) is 0 Å². The lowest BCUT2D eigenvalue weighted by atomic mass is 10.2.